The fourth-order valence-corrected chi connectivity index (χ4v) is 3.91. The maximum absolute atomic E-state index is 12.8. The summed E-state index contributed by atoms with van der Waals surface area (Å²) in [5.74, 6) is 1.13. The summed E-state index contributed by atoms with van der Waals surface area (Å²) in [6, 6.07) is 23.3. The number of anilines is 2. The number of nitrogens with zero attached hydrogens (tertiary/aromatic N) is 3. The fraction of sp³-hybridized carbons (Fsp3) is 0.192. The Morgan fingerprint density at radius 3 is 2.38 bits per heavy atom. The molecular weight excluding hydrogens is 402 g/mol. The van der Waals surface area contributed by atoms with Gasteiger partial charge in [-0.25, -0.2) is 9.97 Å². The molecular formula is C26H25N3O3. The molecule has 0 N–H and O–H groups in total. The molecule has 1 atom stereocenters. The normalized spacial score (nSPS) is 11.8. The lowest BCUT2D eigenvalue weighted by atomic mass is 9.90. The summed E-state index contributed by atoms with van der Waals surface area (Å²) in [5.41, 5.74) is 3.31. The molecule has 0 amide bonds. The average Bonchev–Trinajstić information content (AvgIpc) is 2.83. The Balaban J connectivity index is 1.86. The standard InChI is InChI=1S/C26H25N3O3/c1-17-27-22-13-9-8-12-20(22)25(28-17)29(2)19-14-15-23(31-3)21(16-19)24(26(30)32-4)18-10-6-5-7-11-18/h5-16,24H,1-4H3. The molecule has 1 unspecified atom stereocenters. The third-order valence-electron chi connectivity index (χ3n) is 5.49. The second kappa shape index (κ2) is 9.06. The first-order valence-electron chi connectivity index (χ1n) is 10.3. The molecule has 3 aromatic carbocycles. The zero-order chi connectivity index (χ0) is 22.7. The van der Waals surface area contributed by atoms with Crippen LogP contribution in [0.25, 0.3) is 10.9 Å². The first kappa shape index (κ1) is 21.3. The van der Waals surface area contributed by atoms with Gasteiger partial charge in [0.05, 0.1) is 19.7 Å². The molecule has 6 heteroatoms. The molecule has 1 aromatic heterocycles. The molecule has 0 aliphatic carbocycles. The predicted octanol–water partition coefficient (Wildman–Crippen LogP) is 5.02. The van der Waals surface area contributed by atoms with Gasteiger partial charge in [-0.2, -0.15) is 0 Å². The van der Waals surface area contributed by atoms with Crippen molar-refractivity contribution in [2.45, 2.75) is 12.8 Å². The van der Waals surface area contributed by atoms with Crippen LogP contribution in [0.5, 0.6) is 5.75 Å². The van der Waals surface area contributed by atoms with E-state index >= 15 is 0 Å². The van der Waals surface area contributed by atoms with Crippen LogP contribution in [0, 0.1) is 6.92 Å². The molecule has 32 heavy (non-hydrogen) atoms. The number of carbonyl (C=O) groups is 1. The van der Waals surface area contributed by atoms with Crippen LogP contribution in [0.1, 0.15) is 22.9 Å². The van der Waals surface area contributed by atoms with Gasteiger partial charge in [0.2, 0.25) is 0 Å². The van der Waals surface area contributed by atoms with Gasteiger partial charge in [-0.15, -0.1) is 0 Å². The van der Waals surface area contributed by atoms with E-state index in [0.29, 0.717) is 11.6 Å². The topological polar surface area (TPSA) is 64.5 Å². The third-order valence-corrected chi connectivity index (χ3v) is 5.49. The van der Waals surface area contributed by atoms with Crippen molar-refractivity contribution < 1.29 is 14.3 Å². The predicted molar refractivity (Wildman–Crippen MR) is 126 cm³/mol. The smallest absolute Gasteiger partial charge is 0.317 e. The summed E-state index contributed by atoms with van der Waals surface area (Å²) >= 11 is 0. The van der Waals surface area contributed by atoms with Gasteiger partial charge in [0.1, 0.15) is 23.3 Å². The van der Waals surface area contributed by atoms with Crippen LogP contribution in [0.15, 0.2) is 72.8 Å². The van der Waals surface area contributed by atoms with Gasteiger partial charge in [0, 0.05) is 23.7 Å². The van der Waals surface area contributed by atoms with Crippen molar-refractivity contribution in [2.75, 3.05) is 26.2 Å². The zero-order valence-electron chi connectivity index (χ0n) is 18.6. The van der Waals surface area contributed by atoms with Crippen molar-refractivity contribution in [1.82, 2.24) is 9.97 Å². The van der Waals surface area contributed by atoms with Crippen LogP contribution in [0.3, 0.4) is 0 Å². The maximum atomic E-state index is 12.8. The van der Waals surface area contributed by atoms with Crippen molar-refractivity contribution in [2.24, 2.45) is 0 Å². The highest BCUT2D eigenvalue weighted by atomic mass is 16.5. The highest BCUT2D eigenvalue weighted by Crippen LogP contribution is 2.37. The number of aromatic nitrogens is 2. The van der Waals surface area contributed by atoms with Gasteiger partial charge < -0.3 is 14.4 Å². The van der Waals surface area contributed by atoms with E-state index in [1.165, 1.54) is 7.11 Å². The third kappa shape index (κ3) is 3.99. The van der Waals surface area contributed by atoms with Gasteiger partial charge in [0.15, 0.2) is 0 Å². The Kier molecular flexibility index (Phi) is 6.03. The van der Waals surface area contributed by atoms with Gasteiger partial charge in [-0.1, -0.05) is 42.5 Å². The number of para-hydroxylation sites is 1. The van der Waals surface area contributed by atoms with Crippen molar-refractivity contribution in [3.05, 3.63) is 89.7 Å². The molecule has 0 saturated carbocycles. The number of benzene rings is 3. The number of methoxy groups -OCH3 is 2. The van der Waals surface area contributed by atoms with E-state index in [9.17, 15) is 4.79 Å². The van der Waals surface area contributed by atoms with E-state index in [2.05, 4.69) is 4.98 Å². The minimum atomic E-state index is -0.617. The van der Waals surface area contributed by atoms with Gasteiger partial charge in [-0.05, 0) is 42.8 Å². The Bertz CT molecular complexity index is 1260. The Morgan fingerprint density at radius 1 is 0.938 bits per heavy atom. The van der Waals surface area contributed by atoms with Crippen LogP contribution in [0.4, 0.5) is 11.5 Å². The maximum Gasteiger partial charge on any atom is 0.317 e. The van der Waals surface area contributed by atoms with E-state index < -0.39 is 5.92 Å². The average molecular weight is 428 g/mol. The highest BCUT2D eigenvalue weighted by Gasteiger charge is 2.27. The summed E-state index contributed by atoms with van der Waals surface area (Å²) in [4.78, 5) is 24.1. The number of fused-ring (bicyclic) bond motifs is 1. The monoisotopic (exact) mass is 427 g/mol. The lowest BCUT2D eigenvalue weighted by Crippen LogP contribution is -2.18. The van der Waals surface area contributed by atoms with Crippen LogP contribution in [-0.2, 0) is 9.53 Å². The van der Waals surface area contributed by atoms with Crippen LogP contribution in [-0.4, -0.2) is 37.2 Å². The minimum Gasteiger partial charge on any atom is -0.496 e. The van der Waals surface area contributed by atoms with Crippen molar-refractivity contribution in [3.63, 3.8) is 0 Å². The van der Waals surface area contributed by atoms with Crippen molar-refractivity contribution >= 4 is 28.4 Å². The van der Waals surface area contributed by atoms with Crippen LogP contribution in [0.2, 0.25) is 0 Å². The van der Waals surface area contributed by atoms with E-state index in [1.54, 1.807) is 7.11 Å². The molecule has 1 heterocycles. The van der Waals surface area contributed by atoms with E-state index in [0.717, 1.165) is 33.5 Å². The summed E-state index contributed by atoms with van der Waals surface area (Å²) in [6.07, 6.45) is 0. The largest absolute Gasteiger partial charge is 0.496 e. The molecule has 0 fully saturated rings. The number of carbonyl (C=O) groups excluding carboxylic acids is 1. The van der Waals surface area contributed by atoms with Crippen molar-refractivity contribution in [1.29, 1.82) is 0 Å². The van der Waals surface area contributed by atoms with Gasteiger partial charge in [-0.3, -0.25) is 4.79 Å². The molecule has 162 valence electrons. The summed E-state index contributed by atoms with van der Waals surface area (Å²) < 4.78 is 10.8. The Hall–Kier alpha value is -3.93. The number of hydrogen-bond donors (Lipinski definition) is 0. The number of hydrogen-bond acceptors (Lipinski definition) is 6. The van der Waals surface area contributed by atoms with Crippen molar-refractivity contribution in [3.8, 4) is 5.75 Å². The first-order valence-corrected chi connectivity index (χ1v) is 10.3. The Labute approximate surface area is 187 Å². The van der Waals surface area contributed by atoms with Gasteiger partial charge >= 0.3 is 5.97 Å². The van der Waals surface area contributed by atoms with Gasteiger partial charge in [0.25, 0.3) is 0 Å². The molecule has 0 aliphatic rings. The molecule has 0 saturated heterocycles. The summed E-state index contributed by atoms with van der Waals surface area (Å²) in [6.45, 7) is 1.88. The van der Waals surface area contributed by atoms with Crippen LogP contribution < -0.4 is 9.64 Å². The fourth-order valence-electron chi connectivity index (χ4n) is 3.91. The summed E-state index contributed by atoms with van der Waals surface area (Å²) in [7, 11) is 4.95. The number of ether oxygens (including phenoxy) is 2. The second-order valence-electron chi connectivity index (χ2n) is 7.46. The highest BCUT2D eigenvalue weighted by molar-refractivity contribution is 5.92. The molecule has 0 spiro atoms. The lowest BCUT2D eigenvalue weighted by molar-refractivity contribution is -0.141. The number of aryl methyl sites for hydroxylation is 1. The molecule has 0 aliphatic heterocycles. The number of esters is 1. The van der Waals surface area contributed by atoms with E-state index in [4.69, 9.17) is 14.5 Å². The molecule has 6 nitrogen and oxygen atoms in total. The van der Waals surface area contributed by atoms with E-state index in [1.807, 2.05) is 91.7 Å². The lowest BCUT2D eigenvalue weighted by Gasteiger charge is -2.24. The van der Waals surface area contributed by atoms with E-state index in [-0.39, 0.29) is 5.97 Å². The molecule has 0 bridgehead atoms. The molecule has 0 radical (unpaired) electrons. The molecule has 4 aromatic rings. The summed E-state index contributed by atoms with van der Waals surface area (Å²) in [5, 5.41) is 0.950. The Morgan fingerprint density at radius 2 is 1.66 bits per heavy atom. The SMILES string of the molecule is COC(=O)C(c1ccccc1)c1cc(N(C)c2nc(C)nc3ccccc23)ccc1OC. The number of rotatable bonds is 6. The molecule has 4 rings (SSSR count). The first-order chi connectivity index (χ1) is 15.5. The minimum absolute atomic E-state index is 0.349. The van der Waals surface area contributed by atoms with Crippen LogP contribution >= 0.6 is 0 Å². The zero-order valence-corrected chi connectivity index (χ0v) is 18.6. The quantitative estimate of drug-likeness (QED) is 0.403. The second-order valence-corrected chi connectivity index (χ2v) is 7.46.